The largest absolute Gasteiger partial charge is 0.478 e. The second kappa shape index (κ2) is 4.04. The third kappa shape index (κ3) is 2.19. The molecular formula is C11H7ClO2S. The molecule has 1 heterocycles. The highest BCUT2D eigenvalue weighted by molar-refractivity contribution is 7.17. The van der Waals surface area contributed by atoms with Gasteiger partial charge in [-0.3, -0.25) is 0 Å². The van der Waals surface area contributed by atoms with Crippen molar-refractivity contribution in [3.05, 3.63) is 40.2 Å². The zero-order valence-corrected chi connectivity index (χ0v) is 9.18. The second-order valence-corrected chi connectivity index (χ2v) is 4.35. The molecule has 0 atom stereocenters. The van der Waals surface area contributed by atoms with Gasteiger partial charge in [-0.2, -0.15) is 0 Å². The molecule has 2 nitrogen and oxygen atoms in total. The van der Waals surface area contributed by atoms with Crippen LogP contribution in [0.4, 0.5) is 0 Å². The summed E-state index contributed by atoms with van der Waals surface area (Å²) in [7, 11) is 0. The Morgan fingerprint density at radius 2 is 2.27 bits per heavy atom. The fourth-order valence-corrected chi connectivity index (χ4v) is 2.39. The van der Waals surface area contributed by atoms with E-state index < -0.39 is 5.97 Å². The van der Waals surface area contributed by atoms with Crippen molar-refractivity contribution >= 4 is 45.1 Å². The molecule has 0 aliphatic heterocycles. The highest BCUT2D eigenvalue weighted by Gasteiger charge is 2.02. The maximum Gasteiger partial charge on any atom is 0.328 e. The first-order chi connectivity index (χ1) is 7.16. The highest BCUT2D eigenvalue weighted by Crippen LogP contribution is 2.29. The number of hydrogen-bond acceptors (Lipinski definition) is 2. The van der Waals surface area contributed by atoms with E-state index in [1.807, 2.05) is 23.6 Å². The van der Waals surface area contributed by atoms with Crippen molar-refractivity contribution in [3.8, 4) is 0 Å². The van der Waals surface area contributed by atoms with Gasteiger partial charge in [0.05, 0.1) is 0 Å². The van der Waals surface area contributed by atoms with E-state index in [1.165, 1.54) is 0 Å². The predicted octanol–water partition coefficient (Wildman–Crippen LogP) is 3.65. The van der Waals surface area contributed by atoms with E-state index in [4.69, 9.17) is 16.7 Å². The average Bonchev–Trinajstić information content (AvgIpc) is 2.57. The van der Waals surface area contributed by atoms with E-state index in [9.17, 15) is 4.79 Å². The van der Waals surface area contributed by atoms with Crippen molar-refractivity contribution in [2.45, 2.75) is 0 Å². The van der Waals surface area contributed by atoms with E-state index in [0.29, 0.717) is 5.02 Å². The molecule has 0 radical (unpaired) electrons. The lowest BCUT2D eigenvalue weighted by Gasteiger charge is -1.92. The summed E-state index contributed by atoms with van der Waals surface area (Å²) in [4.78, 5) is 10.4. The minimum atomic E-state index is -0.948. The molecule has 0 fully saturated rings. The monoisotopic (exact) mass is 238 g/mol. The van der Waals surface area contributed by atoms with Crippen molar-refractivity contribution in [1.29, 1.82) is 0 Å². The first kappa shape index (κ1) is 10.2. The number of halogens is 1. The topological polar surface area (TPSA) is 37.3 Å². The molecule has 1 aromatic heterocycles. The van der Waals surface area contributed by atoms with Gasteiger partial charge >= 0.3 is 5.97 Å². The summed E-state index contributed by atoms with van der Waals surface area (Å²) in [6, 6.07) is 5.60. The molecular weight excluding hydrogens is 232 g/mol. The van der Waals surface area contributed by atoms with Crippen LogP contribution < -0.4 is 0 Å². The number of aliphatic carboxylic acids is 1. The molecule has 0 saturated carbocycles. The first-order valence-corrected chi connectivity index (χ1v) is 5.50. The van der Waals surface area contributed by atoms with Crippen LogP contribution >= 0.6 is 22.9 Å². The minimum absolute atomic E-state index is 0.658. The lowest BCUT2D eigenvalue weighted by molar-refractivity contribution is -0.131. The van der Waals surface area contributed by atoms with Gasteiger partial charge in [0, 0.05) is 21.2 Å². The molecule has 0 saturated heterocycles. The van der Waals surface area contributed by atoms with E-state index >= 15 is 0 Å². The second-order valence-electron chi connectivity index (χ2n) is 3.00. The fraction of sp³-hybridized carbons (Fsp3) is 0. The molecule has 1 aromatic carbocycles. The van der Waals surface area contributed by atoms with Gasteiger partial charge in [-0.15, -0.1) is 11.3 Å². The molecule has 15 heavy (non-hydrogen) atoms. The Bertz CT molecular complexity index is 543. The number of benzene rings is 1. The SMILES string of the molecule is O=C(O)/C=C/c1csc2ccc(Cl)cc12. The lowest BCUT2D eigenvalue weighted by Crippen LogP contribution is -1.84. The normalized spacial score (nSPS) is 11.3. The third-order valence-corrected chi connectivity index (χ3v) is 3.19. The quantitative estimate of drug-likeness (QED) is 0.811. The van der Waals surface area contributed by atoms with Crippen molar-refractivity contribution in [1.82, 2.24) is 0 Å². The van der Waals surface area contributed by atoms with Gasteiger partial charge in [0.25, 0.3) is 0 Å². The molecule has 1 N–H and O–H groups in total. The lowest BCUT2D eigenvalue weighted by atomic mass is 10.1. The molecule has 76 valence electrons. The van der Waals surface area contributed by atoms with Crippen LogP contribution in [0.25, 0.3) is 16.2 Å². The molecule has 0 bridgehead atoms. The first-order valence-electron chi connectivity index (χ1n) is 4.24. The Labute approximate surface area is 95.4 Å². The van der Waals surface area contributed by atoms with E-state index in [2.05, 4.69) is 0 Å². The number of carbonyl (C=O) groups is 1. The zero-order chi connectivity index (χ0) is 10.8. The molecule has 2 rings (SSSR count). The minimum Gasteiger partial charge on any atom is -0.478 e. The van der Waals surface area contributed by atoms with Crippen LogP contribution in [0.3, 0.4) is 0 Å². The Kier molecular flexibility index (Phi) is 2.75. The average molecular weight is 239 g/mol. The van der Waals surface area contributed by atoms with E-state index in [-0.39, 0.29) is 0 Å². The van der Waals surface area contributed by atoms with Crippen molar-refractivity contribution < 1.29 is 9.90 Å². The van der Waals surface area contributed by atoms with E-state index in [0.717, 1.165) is 21.7 Å². The Hall–Kier alpha value is -1.32. The zero-order valence-electron chi connectivity index (χ0n) is 7.61. The van der Waals surface area contributed by atoms with Crippen LogP contribution in [0.1, 0.15) is 5.56 Å². The summed E-state index contributed by atoms with van der Waals surface area (Å²) >= 11 is 7.45. The maximum absolute atomic E-state index is 10.4. The Balaban J connectivity index is 2.52. The van der Waals surface area contributed by atoms with Gasteiger partial charge < -0.3 is 5.11 Å². The summed E-state index contributed by atoms with van der Waals surface area (Å²) in [6.07, 6.45) is 2.71. The summed E-state index contributed by atoms with van der Waals surface area (Å²) in [6.45, 7) is 0. The molecule has 0 amide bonds. The molecule has 0 unspecified atom stereocenters. The number of hydrogen-bond donors (Lipinski definition) is 1. The van der Waals surface area contributed by atoms with Crippen LogP contribution in [-0.4, -0.2) is 11.1 Å². The van der Waals surface area contributed by atoms with Crippen LogP contribution in [0, 0.1) is 0 Å². The molecule has 4 heteroatoms. The maximum atomic E-state index is 10.4. The standard InChI is InChI=1S/C11H7ClO2S/c12-8-2-3-10-9(5-8)7(6-15-10)1-4-11(13)14/h1-6H,(H,13,14)/b4-1+. The predicted molar refractivity (Wildman–Crippen MR) is 63.5 cm³/mol. The number of carboxylic acid groups (broad SMARTS) is 1. The molecule has 2 aromatic rings. The molecule has 0 aliphatic rings. The van der Waals surface area contributed by atoms with Crippen molar-refractivity contribution in [3.63, 3.8) is 0 Å². The van der Waals surface area contributed by atoms with Crippen LogP contribution in [0.15, 0.2) is 29.7 Å². The smallest absolute Gasteiger partial charge is 0.328 e. The van der Waals surface area contributed by atoms with Crippen LogP contribution in [0.2, 0.25) is 5.02 Å². The highest BCUT2D eigenvalue weighted by atomic mass is 35.5. The van der Waals surface area contributed by atoms with Crippen LogP contribution in [0.5, 0.6) is 0 Å². The summed E-state index contributed by atoms with van der Waals surface area (Å²) in [5, 5.41) is 12.1. The summed E-state index contributed by atoms with van der Waals surface area (Å²) < 4.78 is 1.10. The van der Waals surface area contributed by atoms with Gasteiger partial charge in [-0.1, -0.05) is 11.6 Å². The van der Waals surface area contributed by atoms with E-state index in [1.54, 1.807) is 17.4 Å². The van der Waals surface area contributed by atoms with Crippen LogP contribution in [-0.2, 0) is 4.79 Å². The molecule has 0 aliphatic carbocycles. The number of fused-ring (bicyclic) bond motifs is 1. The van der Waals surface area contributed by atoms with Gasteiger partial charge in [-0.25, -0.2) is 4.79 Å². The molecule has 0 spiro atoms. The Morgan fingerprint density at radius 1 is 1.47 bits per heavy atom. The summed E-state index contributed by atoms with van der Waals surface area (Å²) in [5.74, 6) is -0.948. The number of thiophene rings is 1. The number of rotatable bonds is 2. The van der Waals surface area contributed by atoms with Crippen molar-refractivity contribution in [2.75, 3.05) is 0 Å². The third-order valence-electron chi connectivity index (χ3n) is 1.97. The summed E-state index contributed by atoms with van der Waals surface area (Å²) in [5.41, 5.74) is 0.889. The van der Waals surface area contributed by atoms with Gasteiger partial charge in [-0.05, 0) is 35.2 Å². The number of carboxylic acids is 1. The Morgan fingerprint density at radius 3 is 3.00 bits per heavy atom. The van der Waals surface area contributed by atoms with Gasteiger partial charge in [0.2, 0.25) is 0 Å². The van der Waals surface area contributed by atoms with Gasteiger partial charge in [0.15, 0.2) is 0 Å². The fourth-order valence-electron chi connectivity index (χ4n) is 1.31. The van der Waals surface area contributed by atoms with Crippen molar-refractivity contribution in [2.24, 2.45) is 0 Å². The van der Waals surface area contributed by atoms with Gasteiger partial charge in [0.1, 0.15) is 0 Å².